The molecule has 0 aromatic carbocycles. The summed E-state index contributed by atoms with van der Waals surface area (Å²) in [6, 6.07) is 3.45. The van der Waals surface area contributed by atoms with Crippen molar-refractivity contribution in [3.05, 3.63) is 40.9 Å². The van der Waals surface area contributed by atoms with E-state index in [1.807, 2.05) is 20.8 Å². The molecule has 0 aliphatic rings. The second-order valence-electron chi connectivity index (χ2n) is 7.44. The molecule has 6 N–H and O–H groups in total. The lowest BCUT2D eigenvalue weighted by atomic mass is 10.2. The van der Waals surface area contributed by atoms with E-state index in [4.69, 9.17) is 16.3 Å². The second-order valence-corrected chi connectivity index (χ2v) is 7.82. The van der Waals surface area contributed by atoms with Crippen LogP contribution in [0, 0.1) is 5.82 Å². The van der Waals surface area contributed by atoms with Crippen molar-refractivity contribution in [3.8, 4) is 5.88 Å². The largest absolute Gasteiger partial charge is 0.475 e. The van der Waals surface area contributed by atoms with Crippen LogP contribution in [-0.4, -0.2) is 60.7 Å². The summed E-state index contributed by atoms with van der Waals surface area (Å²) in [4.78, 5) is 12.8. The normalized spacial score (nSPS) is 12.2. The van der Waals surface area contributed by atoms with Gasteiger partial charge in [-0.1, -0.05) is 11.6 Å². The number of pyridine rings is 1. The molecule has 0 fully saturated rings. The summed E-state index contributed by atoms with van der Waals surface area (Å²) in [6.45, 7) is 4.91. The van der Waals surface area contributed by atoms with Crippen LogP contribution in [0.4, 0.5) is 27.8 Å². The van der Waals surface area contributed by atoms with E-state index in [0.29, 0.717) is 17.4 Å². The molecule has 178 valence electrons. The smallest absolute Gasteiger partial charge is 0.227 e. The summed E-state index contributed by atoms with van der Waals surface area (Å²) < 4.78 is 18.8. The molecule has 13 heteroatoms. The first-order valence-electron chi connectivity index (χ1n) is 10.2. The SMILES string of the molecule is CC(C)Oc1cc(Nc2nc(NC(C)c3ccc(F)cn3)nc(NC(CO)CO)c2Cl)n[nH]1. The van der Waals surface area contributed by atoms with Crippen LogP contribution in [0.2, 0.25) is 5.02 Å². The lowest BCUT2D eigenvalue weighted by Gasteiger charge is -2.19. The molecule has 0 saturated carbocycles. The molecule has 3 aromatic rings. The predicted molar refractivity (Wildman–Crippen MR) is 122 cm³/mol. The maximum atomic E-state index is 13.2. The number of anilines is 4. The van der Waals surface area contributed by atoms with Crippen LogP contribution in [0.1, 0.15) is 32.5 Å². The van der Waals surface area contributed by atoms with Gasteiger partial charge in [0.2, 0.25) is 11.8 Å². The number of hydrogen-bond donors (Lipinski definition) is 6. The topological polar surface area (TPSA) is 153 Å². The van der Waals surface area contributed by atoms with Gasteiger partial charge in [-0.25, -0.2) is 9.49 Å². The third kappa shape index (κ3) is 6.63. The summed E-state index contributed by atoms with van der Waals surface area (Å²) in [5.74, 6) is 0.993. The molecule has 0 aliphatic carbocycles. The van der Waals surface area contributed by atoms with Crippen LogP contribution in [0.3, 0.4) is 0 Å². The first-order valence-corrected chi connectivity index (χ1v) is 10.6. The van der Waals surface area contributed by atoms with E-state index in [9.17, 15) is 14.6 Å². The van der Waals surface area contributed by atoms with Crippen molar-refractivity contribution in [3.63, 3.8) is 0 Å². The van der Waals surface area contributed by atoms with E-state index in [1.165, 1.54) is 6.07 Å². The number of aliphatic hydroxyl groups excluding tert-OH is 2. The third-order valence-electron chi connectivity index (χ3n) is 4.34. The predicted octanol–water partition coefficient (Wildman–Crippen LogP) is 2.86. The molecular formula is C20H26ClFN8O3. The molecule has 0 spiro atoms. The molecule has 0 bridgehead atoms. The van der Waals surface area contributed by atoms with E-state index < -0.39 is 11.9 Å². The zero-order chi connectivity index (χ0) is 24.0. The number of hydrogen-bond acceptors (Lipinski definition) is 10. The highest BCUT2D eigenvalue weighted by atomic mass is 35.5. The minimum atomic E-state index is -0.689. The minimum Gasteiger partial charge on any atom is -0.475 e. The fraction of sp³-hybridized carbons (Fsp3) is 0.400. The first-order chi connectivity index (χ1) is 15.8. The van der Waals surface area contributed by atoms with Gasteiger partial charge in [-0.15, -0.1) is 0 Å². The maximum absolute atomic E-state index is 13.2. The fourth-order valence-electron chi connectivity index (χ4n) is 2.75. The van der Waals surface area contributed by atoms with Crippen LogP contribution in [0.5, 0.6) is 5.88 Å². The minimum absolute atomic E-state index is 0.0389. The van der Waals surface area contributed by atoms with Crippen LogP contribution in [-0.2, 0) is 0 Å². The molecule has 1 atom stereocenters. The van der Waals surface area contributed by atoms with Gasteiger partial charge in [0.25, 0.3) is 0 Å². The number of ether oxygens (including phenoxy) is 1. The third-order valence-corrected chi connectivity index (χ3v) is 4.69. The molecule has 0 amide bonds. The molecular weight excluding hydrogens is 455 g/mol. The number of aromatic nitrogens is 5. The number of nitrogens with zero attached hydrogens (tertiary/aromatic N) is 4. The standard InChI is InChI=1S/C20H26ClFN8O3/c1-10(2)33-16-6-15(29-30-16)26-19-17(21)18(25-13(8-31)9-32)27-20(28-19)24-11(3)14-5-4-12(22)7-23-14/h4-7,10-11,13,31-32H,8-9H2,1-3H3,(H4,24,25,26,27,28,29,30). The van der Waals surface area contributed by atoms with Gasteiger partial charge >= 0.3 is 0 Å². The fourth-order valence-corrected chi connectivity index (χ4v) is 2.93. The Kier molecular flexibility index (Phi) is 8.20. The van der Waals surface area contributed by atoms with Gasteiger partial charge in [0.05, 0.1) is 43.3 Å². The Hall–Kier alpha value is -3.22. The number of rotatable bonds is 11. The van der Waals surface area contributed by atoms with Crippen molar-refractivity contribution >= 4 is 35.0 Å². The van der Waals surface area contributed by atoms with E-state index >= 15 is 0 Å². The van der Waals surface area contributed by atoms with Crippen LogP contribution in [0.15, 0.2) is 24.4 Å². The number of aromatic amines is 1. The van der Waals surface area contributed by atoms with E-state index in [-0.39, 0.29) is 48.0 Å². The van der Waals surface area contributed by atoms with Gasteiger partial charge < -0.3 is 30.9 Å². The van der Waals surface area contributed by atoms with Gasteiger partial charge in [0.1, 0.15) is 10.8 Å². The Labute approximate surface area is 194 Å². The van der Waals surface area contributed by atoms with Crippen molar-refractivity contribution < 1.29 is 19.3 Å². The summed E-state index contributed by atoms with van der Waals surface area (Å²) in [7, 11) is 0. The Bertz CT molecular complexity index is 1050. The maximum Gasteiger partial charge on any atom is 0.227 e. The zero-order valence-electron chi connectivity index (χ0n) is 18.3. The molecule has 0 aliphatic heterocycles. The highest BCUT2D eigenvalue weighted by Gasteiger charge is 2.19. The Morgan fingerprint density at radius 3 is 2.48 bits per heavy atom. The first kappa shape index (κ1) is 24.4. The van der Waals surface area contributed by atoms with Crippen LogP contribution >= 0.6 is 11.6 Å². The van der Waals surface area contributed by atoms with Crippen molar-refractivity contribution in [1.82, 2.24) is 25.1 Å². The molecule has 11 nitrogen and oxygen atoms in total. The monoisotopic (exact) mass is 480 g/mol. The van der Waals surface area contributed by atoms with Crippen molar-refractivity contribution in [2.45, 2.75) is 39.0 Å². The number of halogens is 2. The van der Waals surface area contributed by atoms with Crippen LogP contribution < -0.4 is 20.7 Å². The second kappa shape index (κ2) is 11.1. The van der Waals surface area contributed by atoms with Gasteiger partial charge in [-0.05, 0) is 32.9 Å². The Balaban J connectivity index is 1.89. The average Bonchev–Trinajstić information content (AvgIpc) is 3.21. The van der Waals surface area contributed by atoms with Gasteiger partial charge in [0.15, 0.2) is 17.5 Å². The molecule has 0 radical (unpaired) electrons. The molecule has 3 aromatic heterocycles. The number of aliphatic hydroxyl groups is 2. The lowest BCUT2D eigenvalue weighted by molar-refractivity contribution is 0.203. The van der Waals surface area contributed by atoms with Crippen molar-refractivity contribution in [2.75, 3.05) is 29.2 Å². The van der Waals surface area contributed by atoms with Gasteiger partial charge in [-0.2, -0.15) is 15.1 Å². The quantitative estimate of drug-likeness (QED) is 0.241. The lowest BCUT2D eigenvalue weighted by Crippen LogP contribution is -2.28. The zero-order valence-corrected chi connectivity index (χ0v) is 19.1. The summed E-state index contributed by atoms with van der Waals surface area (Å²) >= 11 is 6.49. The highest BCUT2D eigenvalue weighted by molar-refractivity contribution is 6.35. The van der Waals surface area contributed by atoms with E-state index in [2.05, 4.69) is 41.1 Å². The van der Waals surface area contributed by atoms with Gasteiger partial charge in [-0.3, -0.25) is 4.98 Å². The van der Waals surface area contributed by atoms with Crippen molar-refractivity contribution in [2.24, 2.45) is 0 Å². The number of nitrogens with one attached hydrogen (secondary N) is 4. The summed E-state index contributed by atoms with van der Waals surface area (Å²) in [6.07, 6.45) is 1.08. The summed E-state index contributed by atoms with van der Waals surface area (Å²) in [5.41, 5.74) is 0.574. The molecule has 1 unspecified atom stereocenters. The van der Waals surface area contributed by atoms with Gasteiger partial charge in [0, 0.05) is 6.07 Å². The molecule has 3 rings (SSSR count). The van der Waals surface area contributed by atoms with E-state index in [1.54, 1.807) is 12.1 Å². The summed E-state index contributed by atoms with van der Waals surface area (Å²) in [5, 5.41) is 34.9. The Morgan fingerprint density at radius 2 is 1.85 bits per heavy atom. The molecule has 0 saturated heterocycles. The molecule has 33 heavy (non-hydrogen) atoms. The Morgan fingerprint density at radius 1 is 1.12 bits per heavy atom. The van der Waals surface area contributed by atoms with Crippen molar-refractivity contribution in [1.29, 1.82) is 0 Å². The van der Waals surface area contributed by atoms with E-state index in [0.717, 1.165) is 6.20 Å². The average molecular weight is 481 g/mol. The number of H-pyrrole nitrogens is 1. The highest BCUT2D eigenvalue weighted by Crippen LogP contribution is 2.32. The van der Waals surface area contributed by atoms with Crippen LogP contribution in [0.25, 0.3) is 0 Å². The molecule has 3 heterocycles.